The molecule has 1 N–H and O–H groups in total. The van der Waals surface area contributed by atoms with E-state index in [1.807, 2.05) is 42.5 Å². The summed E-state index contributed by atoms with van der Waals surface area (Å²) >= 11 is 0. The van der Waals surface area contributed by atoms with Crippen LogP contribution >= 0.6 is 0 Å². The first kappa shape index (κ1) is 27.2. The van der Waals surface area contributed by atoms with E-state index in [0.29, 0.717) is 6.42 Å². The number of amides is 1. The van der Waals surface area contributed by atoms with Crippen LogP contribution in [-0.4, -0.2) is 55.2 Å². The van der Waals surface area contributed by atoms with Crippen LogP contribution in [0.5, 0.6) is 11.5 Å². The van der Waals surface area contributed by atoms with Crippen LogP contribution in [0.15, 0.2) is 66.7 Å². The molecule has 0 spiro atoms. The van der Waals surface area contributed by atoms with Gasteiger partial charge in [-0.2, -0.15) is 5.26 Å². The second-order valence-electron chi connectivity index (χ2n) is 11.5. The molecular weight excluding hydrogens is 512 g/mol. The molecule has 6 rings (SSSR count). The van der Waals surface area contributed by atoms with Gasteiger partial charge >= 0.3 is 0 Å². The fraction of sp³-hybridized carbons (Fsp3) is 0.412. The highest BCUT2D eigenvalue weighted by molar-refractivity contribution is 5.82. The Morgan fingerprint density at radius 1 is 1.00 bits per heavy atom. The topological polar surface area (TPSA) is 77.8 Å². The fourth-order valence-corrected chi connectivity index (χ4v) is 6.14. The number of benzene rings is 3. The van der Waals surface area contributed by atoms with Gasteiger partial charge < -0.3 is 19.7 Å². The van der Waals surface area contributed by atoms with Crippen molar-refractivity contribution in [3.8, 4) is 17.6 Å². The van der Waals surface area contributed by atoms with Crippen molar-refractivity contribution in [3.05, 3.63) is 89.0 Å². The first-order valence-electron chi connectivity index (χ1n) is 14.8. The molecule has 1 unspecified atom stereocenters. The molecular formula is C34H38N4O3. The number of hydrogen-bond acceptors (Lipinski definition) is 6. The zero-order valence-electron chi connectivity index (χ0n) is 23.7. The van der Waals surface area contributed by atoms with Gasteiger partial charge in [0, 0.05) is 69.8 Å². The third kappa shape index (κ3) is 6.49. The molecule has 3 aromatic carbocycles. The molecule has 41 heavy (non-hydrogen) atoms. The number of fused-ring (bicyclic) bond motifs is 1. The molecule has 0 aliphatic carbocycles. The first-order valence-corrected chi connectivity index (χ1v) is 14.8. The standard InChI is InChI=1S/C34H38N4O3/c1-24-6-9-29(10-7-24)38-18-14-30(15-19-38)40-31-11-8-25-20-33(41-32(25)21-31)34(39)36-28-12-16-37(17-13-28)23-27-5-3-2-4-26(27)22-35/h2-11,21,28,30,33H,12-20,23H2,1H3,(H,36,39). The van der Waals surface area contributed by atoms with E-state index in [-0.39, 0.29) is 18.1 Å². The zero-order valence-corrected chi connectivity index (χ0v) is 23.7. The van der Waals surface area contributed by atoms with Crippen LogP contribution in [0.1, 0.15) is 47.9 Å². The molecule has 3 aromatic rings. The third-order valence-electron chi connectivity index (χ3n) is 8.62. The van der Waals surface area contributed by atoms with Gasteiger partial charge in [-0.15, -0.1) is 0 Å². The molecule has 2 fully saturated rings. The van der Waals surface area contributed by atoms with Gasteiger partial charge in [0.25, 0.3) is 5.91 Å². The van der Waals surface area contributed by atoms with Crippen molar-refractivity contribution in [1.82, 2.24) is 10.2 Å². The highest BCUT2D eigenvalue weighted by atomic mass is 16.5. The molecule has 0 aromatic heterocycles. The van der Waals surface area contributed by atoms with Gasteiger partial charge in [-0.3, -0.25) is 9.69 Å². The van der Waals surface area contributed by atoms with E-state index in [4.69, 9.17) is 9.47 Å². The second-order valence-corrected chi connectivity index (χ2v) is 11.5. The average Bonchev–Trinajstić information content (AvgIpc) is 3.43. The number of nitriles is 1. The van der Waals surface area contributed by atoms with Crippen molar-refractivity contribution in [3.63, 3.8) is 0 Å². The molecule has 7 nitrogen and oxygen atoms in total. The van der Waals surface area contributed by atoms with Gasteiger partial charge in [0.1, 0.15) is 17.6 Å². The third-order valence-corrected chi connectivity index (χ3v) is 8.62. The minimum Gasteiger partial charge on any atom is -0.490 e. The number of ether oxygens (including phenoxy) is 2. The summed E-state index contributed by atoms with van der Waals surface area (Å²) in [6.07, 6.45) is 3.98. The molecule has 0 bridgehead atoms. The van der Waals surface area contributed by atoms with E-state index in [1.165, 1.54) is 11.3 Å². The Bertz CT molecular complexity index is 1400. The van der Waals surface area contributed by atoms with Crippen LogP contribution in [0.4, 0.5) is 5.69 Å². The summed E-state index contributed by atoms with van der Waals surface area (Å²) in [6.45, 7) is 6.61. The molecule has 1 atom stereocenters. The maximum absolute atomic E-state index is 13.1. The Hall–Kier alpha value is -4.02. The molecule has 3 aliphatic heterocycles. The number of likely N-dealkylation sites (tertiary alicyclic amines) is 1. The molecule has 2 saturated heterocycles. The summed E-state index contributed by atoms with van der Waals surface area (Å²) in [5.41, 5.74) is 5.40. The number of piperidine rings is 2. The second kappa shape index (κ2) is 12.2. The van der Waals surface area contributed by atoms with Crippen molar-refractivity contribution in [2.75, 3.05) is 31.1 Å². The SMILES string of the molecule is Cc1ccc(N2CCC(Oc3ccc4c(c3)OC(C(=O)NC3CCN(Cc5ccccc5C#N)CC3)C4)CC2)cc1. The van der Waals surface area contributed by atoms with Crippen LogP contribution in [0, 0.1) is 18.3 Å². The van der Waals surface area contributed by atoms with E-state index >= 15 is 0 Å². The van der Waals surface area contributed by atoms with Crippen LogP contribution in [-0.2, 0) is 17.8 Å². The van der Waals surface area contributed by atoms with Crippen LogP contribution < -0.4 is 19.7 Å². The van der Waals surface area contributed by atoms with E-state index in [1.54, 1.807) is 0 Å². The predicted molar refractivity (Wildman–Crippen MR) is 159 cm³/mol. The first-order chi connectivity index (χ1) is 20.0. The van der Waals surface area contributed by atoms with Crippen molar-refractivity contribution in [2.24, 2.45) is 0 Å². The van der Waals surface area contributed by atoms with E-state index in [0.717, 1.165) is 86.6 Å². The van der Waals surface area contributed by atoms with Crippen molar-refractivity contribution >= 4 is 11.6 Å². The lowest BCUT2D eigenvalue weighted by Crippen LogP contribution is -2.48. The Morgan fingerprint density at radius 3 is 2.51 bits per heavy atom. The van der Waals surface area contributed by atoms with E-state index in [2.05, 4.69) is 52.4 Å². The number of carbonyl (C=O) groups excluding carboxylic acids is 1. The molecule has 7 heteroatoms. The molecule has 0 radical (unpaired) electrons. The number of anilines is 1. The van der Waals surface area contributed by atoms with Crippen molar-refractivity contribution in [1.29, 1.82) is 5.26 Å². The summed E-state index contributed by atoms with van der Waals surface area (Å²) in [6, 6.07) is 24.9. The zero-order chi connectivity index (χ0) is 28.2. The summed E-state index contributed by atoms with van der Waals surface area (Å²) in [4.78, 5) is 17.9. The molecule has 1 amide bonds. The number of rotatable bonds is 7. The van der Waals surface area contributed by atoms with Crippen LogP contribution in [0.3, 0.4) is 0 Å². The number of carbonyl (C=O) groups is 1. The smallest absolute Gasteiger partial charge is 0.261 e. The summed E-state index contributed by atoms with van der Waals surface area (Å²) in [7, 11) is 0. The summed E-state index contributed by atoms with van der Waals surface area (Å²) in [5.74, 6) is 1.52. The molecule has 0 saturated carbocycles. The monoisotopic (exact) mass is 550 g/mol. The van der Waals surface area contributed by atoms with Crippen molar-refractivity contribution < 1.29 is 14.3 Å². The summed E-state index contributed by atoms with van der Waals surface area (Å²) < 4.78 is 12.4. The van der Waals surface area contributed by atoms with Gasteiger partial charge in [0.15, 0.2) is 6.10 Å². The maximum atomic E-state index is 13.1. The quantitative estimate of drug-likeness (QED) is 0.446. The molecule has 3 heterocycles. The normalized spacial score (nSPS) is 19.7. The minimum absolute atomic E-state index is 0.0413. The molecule has 3 aliphatic rings. The Morgan fingerprint density at radius 2 is 1.76 bits per heavy atom. The maximum Gasteiger partial charge on any atom is 0.261 e. The lowest BCUT2D eigenvalue weighted by Gasteiger charge is -2.33. The van der Waals surface area contributed by atoms with E-state index < -0.39 is 6.10 Å². The van der Waals surface area contributed by atoms with Crippen LogP contribution in [0.2, 0.25) is 0 Å². The van der Waals surface area contributed by atoms with Gasteiger partial charge in [0.05, 0.1) is 11.6 Å². The predicted octanol–water partition coefficient (Wildman–Crippen LogP) is 5.00. The lowest BCUT2D eigenvalue weighted by atomic mass is 10.0. The Labute approximate surface area is 242 Å². The highest BCUT2D eigenvalue weighted by Gasteiger charge is 2.32. The largest absolute Gasteiger partial charge is 0.490 e. The fourth-order valence-electron chi connectivity index (χ4n) is 6.14. The number of nitrogens with zero attached hydrogens (tertiary/aromatic N) is 3. The highest BCUT2D eigenvalue weighted by Crippen LogP contribution is 2.34. The number of hydrogen-bond donors (Lipinski definition) is 1. The van der Waals surface area contributed by atoms with Gasteiger partial charge in [-0.05, 0) is 55.2 Å². The van der Waals surface area contributed by atoms with Gasteiger partial charge in [0.2, 0.25) is 0 Å². The average molecular weight is 551 g/mol. The number of aryl methyl sites for hydroxylation is 1. The van der Waals surface area contributed by atoms with Crippen LogP contribution in [0.25, 0.3) is 0 Å². The lowest BCUT2D eigenvalue weighted by molar-refractivity contribution is -0.128. The summed E-state index contributed by atoms with van der Waals surface area (Å²) in [5, 5.41) is 12.6. The minimum atomic E-state index is -0.501. The molecule has 212 valence electrons. The Kier molecular flexibility index (Phi) is 8.11. The van der Waals surface area contributed by atoms with Gasteiger partial charge in [-0.25, -0.2) is 0 Å². The van der Waals surface area contributed by atoms with Crippen molar-refractivity contribution in [2.45, 2.75) is 63.8 Å². The Balaban J connectivity index is 0.954. The van der Waals surface area contributed by atoms with Gasteiger partial charge in [-0.1, -0.05) is 42.0 Å². The number of nitrogens with one attached hydrogen (secondary N) is 1. The van der Waals surface area contributed by atoms with E-state index in [9.17, 15) is 10.1 Å².